The van der Waals surface area contributed by atoms with Crippen LogP contribution in [0.25, 0.3) is 0 Å². The van der Waals surface area contributed by atoms with Crippen molar-refractivity contribution in [1.29, 1.82) is 0 Å². The molecule has 2 rings (SSSR count). The predicted molar refractivity (Wildman–Crippen MR) is 48.6 cm³/mol. The fourth-order valence-electron chi connectivity index (χ4n) is 1.09. The van der Waals surface area contributed by atoms with Gasteiger partial charge in [0.1, 0.15) is 9.77 Å². The third-order valence-corrected chi connectivity index (χ3v) is 4.93. The van der Waals surface area contributed by atoms with E-state index in [1.165, 1.54) is 13.1 Å². The monoisotopic (exact) mass is 237 g/mol. The molecule has 7 heteroatoms. The van der Waals surface area contributed by atoms with Gasteiger partial charge in [0.2, 0.25) is 0 Å². The maximum Gasteiger partial charge on any atom is 0.278 e. The van der Waals surface area contributed by atoms with E-state index in [4.69, 9.17) is 11.6 Å². The van der Waals surface area contributed by atoms with E-state index >= 15 is 0 Å². The summed E-state index contributed by atoms with van der Waals surface area (Å²) in [7, 11) is -2.37. The van der Waals surface area contributed by atoms with Crippen molar-refractivity contribution >= 4 is 38.9 Å². The Morgan fingerprint density at radius 2 is 2.15 bits per heavy atom. The maximum absolute atomic E-state index is 11.5. The first-order valence-corrected chi connectivity index (χ1v) is 5.90. The van der Waals surface area contributed by atoms with E-state index in [1.807, 2.05) is 0 Å². The Morgan fingerprint density at radius 1 is 1.54 bits per heavy atom. The van der Waals surface area contributed by atoms with Crippen LogP contribution in [0.1, 0.15) is 9.67 Å². The van der Waals surface area contributed by atoms with Gasteiger partial charge >= 0.3 is 0 Å². The molecule has 0 aliphatic carbocycles. The molecule has 2 heterocycles. The summed E-state index contributed by atoms with van der Waals surface area (Å²) in [6, 6.07) is 1.30. The van der Waals surface area contributed by atoms with Crippen LogP contribution in [-0.4, -0.2) is 25.7 Å². The first-order valence-electron chi connectivity index (χ1n) is 3.27. The van der Waals surface area contributed by atoms with Crippen molar-refractivity contribution in [3.63, 3.8) is 0 Å². The normalized spacial score (nSPS) is 19.2. The van der Waals surface area contributed by atoms with Gasteiger partial charge in [0.05, 0.1) is 4.34 Å². The minimum absolute atomic E-state index is 0.0231. The van der Waals surface area contributed by atoms with Crippen LogP contribution in [0.5, 0.6) is 0 Å². The average molecular weight is 238 g/mol. The molecule has 0 bridgehead atoms. The Balaban J connectivity index is 2.80. The fourth-order valence-corrected chi connectivity index (χ4v) is 4.01. The molecule has 1 aromatic heterocycles. The third-order valence-electron chi connectivity index (χ3n) is 1.79. The van der Waals surface area contributed by atoms with Crippen molar-refractivity contribution in [2.24, 2.45) is 0 Å². The standard InChI is InChI=1S/C6H4ClNO3S2/c1-8-6(9)5-3(13(8,10)11)2-4(7)12-5/h2H,1H3. The topological polar surface area (TPSA) is 54.5 Å². The van der Waals surface area contributed by atoms with E-state index in [9.17, 15) is 13.2 Å². The predicted octanol–water partition coefficient (Wildman–Crippen LogP) is 1.18. The SMILES string of the molecule is CN1C(=O)c2sc(Cl)cc2S1(=O)=O. The number of nitrogens with zero attached hydrogens (tertiary/aromatic N) is 1. The number of thiophene rings is 1. The lowest BCUT2D eigenvalue weighted by Gasteiger charge is -2.06. The van der Waals surface area contributed by atoms with Gasteiger partial charge in [-0.3, -0.25) is 4.79 Å². The van der Waals surface area contributed by atoms with E-state index in [0.717, 1.165) is 15.6 Å². The summed E-state index contributed by atoms with van der Waals surface area (Å²) < 4.78 is 24.0. The van der Waals surface area contributed by atoms with Crippen molar-refractivity contribution in [2.75, 3.05) is 7.05 Å². The molecule has 0 saturated carbocycles. The highest BCUT2D eigenvalue weighted by molar-refractivity contribution is 7.90. The van der Waals surface area contributed by atoms with Crippen LogP contribution in [0.3, 0.4) is 0 Å². The van der Waals surface area contributed by atoms with Gasteiger partial charge in [0, 0.05) is 7.05 Å². The molecule has 1 aliphatic heterocycles. The smallest absolute Gasteiger partial charge is 0.267 e. The molecular weight excluding hydrogens is 234 g/mol. The second kappa shape index (κ2) is 2.46. The lowest BCUT2D eigenvalue weighted by molar-refractivity contribution is 0.0896. The zero-order chi connectivity index (χ0) is 9.80. The lowest BCUT2D eigenvalue weighted by atomic mass is 10.4. The zero-order valence-corrected chi connectivity index (χ0v) is 8.83. The van der Waals surface area contributed by atoms with Crippen molar-refractivity contribution in [3.8, 4) is 0 Å². The molecule has 0 fully saturated rings. The molecule has 1 aromatic rings. The summed E-state index contributed by atoms with van der Waals surface area (Å²) in [5.41, 5.74) is 0. The number of amides is 1. The van der Waals surface area contributed by atoms with Crippen LogP contribution >= 0.6 is 22.9 Å². The molecule has 0 saturated heterocycles. The Labute approximate surface area is 83.8 Å². The van der Waals surface area contributed by atoms with E-state index in [-0.39, 0.29) is 9.77 Å². The Morgan fingerprint density at radius 3 is 2.69 bits per heavy atom. The van der Waals surface area contributed by atoms with Crippen molar-refractivity contribution in [2.45, 2.75) is 4.90 Å². The van der Waals surface area contributed by atoms with Gasteiger partial charge in [-0.2, -0.15) is 0 Å². The second-order valence-electron chi connectivity index (χ2n) is 2.52. The first kappa shape index (κ1) is 8.98. The number of sulfonamides is 1. The third kappa shape index (κ3) is 1.02. The number of halogens is 1. The summed E-state index contributed by atoms with van der Waals surface area (Å²) in [5.74, 6) is -0.508. The largest absolute Gasteiger partial charge is 0.278 e. The Hall–Kier alpha value is -0.590. The van der Waals surface area contributed by atoms with Gasteiger partial charge in [-0.05, 0) is 6.07 Å². The van der Waals surface area contributed by atoms with Crippen LogP contribution in [0.15, 0.2) is 11.0 Å². The van der Waals surface area contributed by atoms with Gasteiger partial charge in [-0.25, -0.2) is 12.7 Å². The number of hydrogen-bond donors (Lipinski definition) is 0. The molecule has 0 unspecified atom stereocenters. The molecule has 0 spiro atoms. The number of fused-ring (bicyclic) bond motifs is 1. The fraction of sp³-hybridized carbons (Fsp3) is 0.167. The van der Waals surface area contributed by atoms with E-state index in [2.05, 4.69) is 0 Å². The summed E-state index contributed by atoms with van der Waals surface area (Å²) >= 11 is 6.59. The molecule has 0 radical (unpaired) electrons. The van der Waals surface area contributed by atoms with Crippen molar-refractivity contribution < 1.29 is 13.2 Å². The summed E-state index contributed by atoms with van der Waals surface area (Å²) in [6.45, 7) is 0. The number of carbonyl (C=O) groups is 1. The van der Waals surface area contributed by atoms with E-state index in [1.54, 1.807) is 0 Å². The van der Waals surface area contributed by atoms with Gasteiger partial charge in [-0.15, -0.1) is 11.3 Å². The molecule has 70 valence electrons. The van der Waals surface area contributed by atoms with E-state index in [0.29, 0.717) is 4.34 Å². The lowest BCUT2D eigenvalue weighted by Crippen LogP contribution is -2.24. The molecule has 0 atom stereocenters. The van der Waals surface area contributed by atoms with Crippen molar-refractivity contribution in [3.05, 3.63) is 15.3 Å². The molecule has 13 heavy (non-hydrogen) atoms. The quantitative estimate of drug-likeness (QED) is 0.681. The molecule has 1 aliphatic rings. The zero-order valence-electron chi connectivity index (χ0n) is 6.44. The summed E-state index contributed by atoms with van der Waals surface area (Å²) in [5, 5.41) is 0. The molecule has 0 aromatic carbocycles. The van der Waals surface area contributed by atoms with Crippen LogP contribution in [0.2, 0.25) is 4.34 Å². The summed E-state index contributed by atoms with van der Waals surface area (Å²) in [6.07, 6.45) is 0. The Kier molecular flexibility index (Phi) is 1.70. The summed E-state index contributed by atoms with van der Waals surface area (Å²) in [4.78, 5) is 11.5. The van der Waals surface area contributed by atoms with E-state index < -0.39 is 15.9 Å². The maximum atomic E-state index is 11.5. The Bertz CT molecular complexity index is 490. The molecule has 4 nitrogen and oxygen atoms in total. The average Bonchev–Trinajstić information content (AvgIpc) is 2.49. The molecular formula is C6H4ClNO3S2. The van der Waals surface area contributed by atoms with Crippen LogP contribution < -0.4 is 0 Å². The van der Waals surface area contributed by atoms with Gasteiger partial charge in [0.15, 0.2) is 0 Å². The molecule has 0 N–H and O–H groups in total. The number of hydrogen-bond acceptors (Lipinski definition) is 4. The highest BCUT2D eigenvalue weighted by atomic mass is 35.5. The minimum Gasteiger partial charge on any atom is -0.267 e. The minimum atomic E-state index is -3.60. The van der Waals surface area contributed by atoms with Crippen LogP contribution in [0.4, 0.5) is 0 Å². The number of rotatable bonds is 0. The van der Waals surface area contributed by atoms with Gasteiger partial charge in [0.25, 0.3) is 15.9 Å². The molecule has 1 amide bonds. The first-order chi connectivity index (χ1) is 5.94. The van der Waals surface area contributed by atoms with Crippen LogP contribution in [0, 0.1) is 0 Å². The van der Waals surface area contributed by atoms with Crippen molar-refractivity contribution in [1.82, 2.24) is 4.31 Å². The highest BCUT2D eigenvalue weighted by Crippen LogP contribution is 2.37. The van der Waals surface area contributed by atoms with Crippen LogP contribution in [-0.2, 0) is 10.0 Å². The second-order valence-corrected chi connectivity index (χ2v) is 6.14. The van der Waals surface area contributed by atoms with Gasteiger partial charge < -0.3 is 0 Å². The highest BCUT2D eigenvalue weighted by Gasteiger charge is 2.40. The van der Waals surface area contributed by atoms with Gasteiger partial charge in [-0.1, -0.05) is 11.6 Å². The number of carbonyl (C=O) groups excluding carboxylic acids is 1.